The summed E-state index contributed by atoms with van der Waals surface area (Å²) in [6, 6.07) is 8.29. The summed E-state index contributed by atoms with van der Waals surface area (Å²) in [5, 5.41) is 3.27. The van der Waals surface area contributed by atoms with E-state index in [0.717, 1.165) is 62.6 Å². The van der Waals surface area contributed by atoms with Crippen molar-refractivity contribution in [3.05, 3.63) is 29.8 Å². The molecule has 0 radical (unpaired) electrons. The van der Waals surface area contributed by atoms with E-state index in [2.05, 4.69) is 65.9 Å². The largest absolute Gasteiger partial charge is 0.469 e. The van der Waals surface area contributed by atoms with E-state index in [1.54, 1.807) is 0 Å². The van der Waals surface area contributed by atoms with Gasteiger partial charge in [-0.25, -0.2) is 0 Å². The molecular weight excluding hydrogens is 522 g/mol. The molecule has 5 nitrogen and oxygen atoms in total. The molecule has 6 aliphatic rings. The van der Waals surface area contributed by atoms with Gasteiger partial charge in [-0.15, -0.1) is 0 Å². The average molecular weight is 574 g/mol. The first-order chi connectivity index (χ1) is 19.5. The van der Waals surface area contributed by atoms with Crippen molar-refractivity contribution in [1.82, 2.24) is 0 Å². The Kier molecular flexibility index (Phi) is 5.65. The quantitative estimate of drug-likeness (QED) is 0.349. The lowest BCUT2D eigenvalue weighted by Gasteiger charge is -2.70. The van der Waals surface area contributed by atoms with Gasteiger partial charge in [-0.1, -0.05) is 66.7 Å². The van der Waals surface area contributed by atoms with Gasteiger partial charge in [0.25, 0.3) is 0 Å². The minimum Gasteiger partial charge on any atom is -0.469 e. The number of hydrogen-bond donors (Lipinski definition) is 1. The Labute approximate surface area is 252 Å². The Bertz CT molecular complexity index is 1400. The molecule has 42 heavy (non-hydrogen) atoms. The van der Waals surface area contributed by atoms with E-state index in [1.807, 2.05) is 12.1 Å². The molecule has 5 fully saturated rings. The average Bonchev–Trinajstić information content (AvgIpc) is 3.31. The van der Waals surface area contributed by atoms with E-state index < -0.39 is 10.8 Å². The molecule has 0 saturated heterocycles. The second-order valence-corrected chi connectivity index (χ2v) is 17.6. The van der Waals surface area contributed by atoms with Crippen molar-refractivity contribution >= 4 is 23.3 Å². The molecule has 1 aromatic carbocycles. The van der Waals surface area contributed by atoms with Gasteiger partial charge in [0.15, 0.2) is 0 Å². The van der Waals surface area contributed by atoms with E-state index in [0.29, 0.717) is 18.1 Å². The van der Waals surface area contributed by atoms with Crippen LogP contribution < -0.4 is 5.32 Å². The summed E-state index contributed by atoms with van der Waals surface area (Å²) in [5.74, 6) is 0.881. The number of ketones is 1. The zero-order chi connectivity index (χ0) is 30.3. The number of esters is 1. The Morgan fingerprint density at radius 2 is 1.57 bits per heavy atom. The maximum atomic E-state index is 14.8. The van der Waals surface area contributed by atoms with Gasteiger partial charge in [-0.2, -0.15) is 0 Å². The molecule has 228 valence electrons. The summed E-state index contributed by atoms with van der Waals surface area (Å²) >= 11 is 0. The molecule has 1 amide bonds. The maximum absolute atomic E-state index is 14.8. The summed E-state index contributed by atoms with van der Waals surface area (Å²) in [6.45, 7) is 16.6. The second-order valence-electron chi connectivity index (χ2n) is 17.6. The highest BCUT2D eigenvalue weighted by Crippen LogP contribution is 2.80. The minimum atomic E-state index is -0.588. The number of para-hydroxylation sites is 1. The highest BCUT2D eigenvalue weighted by Gasteiger charge is 2.77. The molecule has 1 heterocycles. The molecule has 1 aliphatic heterocycles. The van der Waals surface area contributed by atoms with E-state index in [-0.39, 0.29) is 56.7 Å². The van der Waals surface area contributed by atoms with Crippen LogP contribution in [0.4, 0.5) is 5.69 Å². The van der Waals surface area contributed by atoms with Crippen molar-refractivity contribution in [3.63, 3.8) is 0 Å². The molecule has 5 saturated carbocycles. The van der Waals surface area contributed by atoms with E-state index in [4.69, 9.17) is 4.74 Å². The highest BCUT2D eigenvalue weighted by atomic mass is 16.5. The lowest BCUT2D eigenvalue weighted by atomic mass is 9.33. The fraction of sp³-hybridized carbons (Fsp3) is 0.757. The third-order valence-electron chi connectivity index (χ3n) is 15.5. The Hall–Kier alpha value is -2.17. The molecule has 0 aromatic heterocycles. The summed E-state index contributed by atoms with van der Waals surface area (Å²) in [5.41, 5.74) is 0.468. The first kappa shape index (κ1) is 28.6. The smallest absolute Gasteiger partial charge is 0.312 e. The first-order valence-corrected chi connectivity index (χ1v) is 16.6. The lowest BCUT2D eigenvalue weighted by Crippen LogP contribution is -2.68. The van der Waals surface area contributed by atoms with Gasteiger partial charge >= 0.3 is 5.97 Å². The number of methoxy groups -OCH3 is 1. The number of hydrogen-bond acceptors (Lipinski definition) is 4. The van der Waals surface area contributed by atoms with Gasteiger partial charge in [0.2, 0.25) is 5.91 Å². The van der Waals surface area contributed by atoms with Gasteiger partial charge in [0.05, 0.1) is 17.9 Å². The fourth-order valence-corrected chi connectivity index (χ4v) is 13.3. The summed E-state index contributed by atoms with van der Waals surface area (Å²) in [7, 11) is 1.53. The van der Waals surface area contributed by atoms with Crippen molar-refractivity contribution in [3.8, 4) is 0 Å². The number of anilines is 1. The predicted octanol–water partition coefficient (Wildman–Crippen LogP) is 7.72. The van der Waals surface area contributed by atoms with Crippen LogP contribution in [0.1, 0.15) is 112 Å². The van der Waals surface area contributed by atoms with Crippen molar-refractivity contribution in [2.24, 2.45) is 56.2 Å². The first-order valence-electron chi connectivity index (χ1n) is 16.6. The molecule has 5 aliphatic carbocycles. The summed E-state index contributed by atoms with van der Waals surface area (Å²) in [4.78, 5) is 42.4. The van der Waals surface area contributed by atoms with Gasteiger partial charge in [-0.3, -0.25) is 14.4 Å². The number of carbonyl (C=O) groups is 3. The molecule has 1 N–H and O–H groups in total. The fourth-order valence-electron chi connectivity index (χ4n) is 13.3. The Balaban J connectivity index is 1.34. The number of nitrogens with one attached hydrogen (secondary N) is 1. The number of Topliss-reactive ketones (excluding diaryl/α,β-unsaturated/α-hetero) is 1. The Morgan fingerprint density at radius 1 is 0.881 bits per heavy atom. The lowest BCUT2D eigenvalue weighted by molar-refractivity contribution is -0.226. The molecule has 7 rings (SSSR count). The van der Waals surface area contributed by atoms with Gasteiger partial charge in [0, 0.05) is 18.0 Å². The molecule has 0 bridgehead atoms. The number of carbonyl (C=O) groups excluding carboxylic acids is 3. The van der Waals surface area contributed by atoms with Crippen LogP contribution in [-0.4, -0.2) is 24.8 Å². The number of benzene rings is 1. The second kappa shape index (κ2) is 8.30. The number of fused-ring (bicyclic) bond motifs is 9. The van der Waals surface area contributed by atoms with Crippen molar-refractivity contribution < 1.29 is 19.1 Å². The van der Waals surface area contributed by atoms with E-state index in [9.17, 15) is 14.4 Å². The van der Waals surface area contributed by atoms with Crippen LogP contribution in [0.15, 0.2) is 24.3 Å². The standard InChI is InChI=1S/C37H51NO4/c1-31(2)15-17-36(30(41)42-8)18-16-35(7)28(23(36)20-31)25(39)19-27-33(5)21-37(22-11-9-10-12-24(22)38-29(37)40)32(3,4)26(33)13-14-34(27,35)6/h9-12,23,26-28H,13-21H2,1-8H3,(H,38,40)/t23-,26-,27+,28-,33-,34+,35+,36-,37+/m0/s1. The van der Waals surface area contributed by atoms with Crippen LogP contribution >= 0.6 is 0 Å². The zero-order valence-corrected chi connectivity index (χ0v) is 27.1. The van der Waals surface area contributed by atoms with Crippen LogP contribution in [-0.2, 0) is 24.5 Å². The maximum Gasteiger partial charge on any atom is 0.312 e. The van der Waals surface area contributed by atoms with Crippen LogP contribution in [0.5, 0.6) is 0 Å². The molecule has 5 heteroatoms. The summed E-state index contributed by atoms with van der Waals surface area (Å²) in [6.07, 6.45) is 7.92. The van der Waals surface area contributed by atoms with Gasteiger partial charge < -0.3 is 10.1 Å². The summed E-state index contributed by atoms with van der Waals surface area (Å²) < 4.78 is 5.50. The third-order valence-corrected chi connectivity index (χ3v) is 15.5. The van der Waals surface area contributed by atoms with Gasteiger partial charge in [-0.05, 0) is 108 Å². The molecule has 1 spiro atoms. The third kappa shape index (κ3) is 3.04. The minimum absolute atomic E-state index is 0.0297. The normalized spacial score (nSPS) is 47.9. The Morgan fingerprint density at radius 3 is 2.29 bits per heavy atom. The number of ether oxygens (including phenoxy) is 1. The van der Waals surface area contributed by atoms with Crippen LogP contribution in [0.25, 0.3) is 0 Å². The molecular formula is C37H51NO4. The van der Waals surface area contributed by atoms with E-state index >= 15 is 0 Å². The number of rotatable bonds is 1. The van der Waals surface area contributed by atoms with Crippen molar-refractivity contribution in [2.75, 3.05) is 12.4 Å². The van der Waals surface area contributed by atoms with Crippen LogP contribution in [0, 0.1) is 56.2 Å². The van der Waals surface area contributed by atoms with Crippen molar-refractivity contribution in [2.45, 2.75) is 112 Å². The zero-order valence-electron chi connectivity index (χ0n) is 27.1. The van der Waals surface area contributed by atoms with E-state index in [1.165, 1.54) is 7.11 Å². The van der Waals surface area contributed by atoms with Gasteiger partial charge in [0.1, 0.15) is 5.78 Å². The van der Waals surface area contributed by atoms with Crippen LogP contribution in [0.3, 0.4) is 0 Å². The molecule has 9 atom stereocenters. The SMILES string of the molecule is COC(=O)[C@]12CCC(C)(C)C[C@H]1[C@H]1C(=O)C[C@@H]3[C@@]4(C)C[C@@]5(C(=O)Nc6ccccc65)C(C)(C)[C@@H]4CC[C@@]3(C)[C@]1(C)CC2. The number of amides is 1. The van der Waals surface area contributed by atoms with Crippen LogP contribution in [0.2, 0.25) is 0 Å². The molecule has 1 aromatic rings. The monoisotopic (exact) mass is 573 g/mol. The molecule has 0 unspecified atom stereocenters. The predicted molar refractivity (Wildman–Crippen MR) is 164 cm³/mol. The topological polar surface area (TPSA) is 72.5 Å². The van der Waals surface area contributed by atoms with Crippen molar-refractivity contribution in [1.29, 1.82) is 0 Å². The highest BCUT2D eigenvalue weighted by molar-refractivity contribution is 6.07.